The van der Waals surface area contributed by atoms with Gasteiger partial charge in [0.1, 0.15) is 0 Å². The second-order valence-corrected chi connectivity index (χ2v) is 6.68. The third-order valence-corrected chi connectivity index (χ3v) is 3.84. The molecule has 0 saturated carbocycles. The lowest BCUT2D eigenvalue weighted by Gasteiger charge is -2.37. The maximum atomic E-state index is 10.8. The summed E-state index contributed by atoms with van der Waals surface area (Å²) in [6, 6.07) is 0. The van der Waals surface area contributed by atoms with Crippen molar-refractivity contribution in [3.8, 4) is 0 Å². The largest absolute Gasteiger partial charge is 0.387 e. The van der Waals surface area contributed by atoms with E-state index < -0.39 is 11.2 Å². The van der Waals surface area contributed by atoms with Gasteiger partial charge in [-0.15, -0.1) is 0 Å². The van der Waals surface area contributed by atoms with E-state index in [0.29, 0.717) is 5.92 Å². The molecule has 2 heteroatoms. The van der Waals surface area contributed by atoms with Crippen LogP contribution in [0.15, 0.2) is 0 Å². The molecule has 0 radical (unpaired) electrons. The minimum Gasteiger partial charge on any atom is -0.387 e. The monoisotopic (exact) mass is 228 g/mol. The van der Waals surface area contributed by atoms with Crippen LogP contribution in [0.2, 0.25) is 0 Å². The summed E-state index contributed by atoms with van der Waals surface area (Å²) >= 11 is 0. The van der Waals surface area contributed by atoms with E-state index in [-0.39, 0.29) is 5.60 Å². The van der Waals surface area contributed by atoms with Gasteiger partial charge in [0.15, 0.2) is 0 Å². The molecule has 16 heavy (non-hydrogen) atoms. The SMILES string of the molecule is CCCC(C)CC1(O)CC(C)(C)OC1(C)C. The van der Waals surface area contributed by atoms with Gasteiger partial charge < -0.3 is 9.84 Å². The second kappa shape index (κ2) is 4.30. The van der Waals surface area contributed by atoms with Crippen LogP contribution in [-0.2, 0) is 4.74 Å². The van der Waals surface area contributed by atoms with E-state index >= 15 is 0 Å². The van der Waals surface area contributed by atoms with Gasteiger partial charge in [-0.2, -0.15) is 0 Å². The van der Waals surface area contributed by atoms with Gasteiger partial charge in [0.2, 0.25) is 0 Å². The molecule has 1 saturated heterocycles. The fraction of sp³-hybridized carbons (Fsp3) is 1.00. The lowest BCUT2D eigenvalue weighted by Crippen LogP contribution is -2.47. The normalized spacial score (nSPS) is 33.9. The molecule has 1 aliphatic heterocycles. The van der Waals surface area contributed by atoms with E-state index in [0.717, 1.165) is 12.8 Å². The van der Waals surface area contributed by atoms with Crippen LogP contribution in [0.25, 0.3) is 0 Å². The zero-order valence-corrected chi connectivity index (χ0v) is 11.8. The van der Waals surface area contributed by atoms with E-state index in [1.165, 1.54) is 12.8 Å². The highest BCUT2D eigenvalue weighted by Gasteiger charge is 2.56. The lowest BCUT2D eigenvalue weighted by molar-refractivity contribution is -0.132. The highest BCUT2D eigenvalue weighted by molar-refractivity contribution is 5.06. The number of ether oxygens (including phenoxy) is 1. The molecule has 1 heterocycles. The molecule has 2 nitrogen and oxygen atoms in total. The van der Waals surface area contributed by atoms with Crippen molar-refractivity contribution < 1.29 is 9.84 Å². The van der Waals surface area contributed by atoms with Gasteiger partial charge in [-0.25, -0.2) is 0 Å². The van der Waals surface area contributed by atoms with Crippen molar-refractivity contribution in [1.82, 2.24) is 0 Å². The second-order valence-electron chi connectivity index (χ2n) is 6.68. The molecule has 1 aliphatic rings. The van der Waals surface area contributed by atoms with Crippen LogP contribution in [0.1, 0.15) is 67.2 Å². The number of hydrogen-bond donors (Lipinski definition) is 1. The van der Waals surface area contributed by atoms with Gasteiger partial charge in [-0.1, -0.05) is 26.7 Å². The Morgan fingerprint density at radius 2 is 1.81 bits per heavy atom. The maximum absolute atomic E-state index is 10.8. The van der Waals surface area contributed by atoms with Crippen LogP contribution >= 0.6 is 0 Å². The van der Waals surface area contributed by atoms with Crippen LogP contribution in [0.5, 0.6) is 0 Å². The lowest BCUT2D eigenvalue weighted by atomic mass is 9.76. The minimum absolute atomic E-state index is 0.204. The highest BCUT2D eigenvalue weighted by Crippen LogP contribution is 2.48. The predicted molar refractivity (Wildman–Crippen MR) is 67.5 cm³/mol. The van der Waals surface area contributed by atoms with E-state index in [1.807, 2.05) is 13.8 Å². The van der Waals surface area contributed by atoms with E-state index in [9.17, 15) is 5.11 Å². The topological polar surface area (TPSA) is 29.5 Å². The molecule has 1 N–H and O–H groups in total. The van der Waals surface area contributed by atoms with E-state index in [2.05, 4.69) is 27.7 Å². The minimum atomic E-state index is -0.676. The fourth-order valence-electron chi connectivity index (χ4n) is 3.23. The Balaban J connectivity index is 2.76. The predicted octanol–water partition coefficient (Wildman–Crippen LogP) is 3.52. The molecule has 96 valence electrons. The van der Waals surface area contributed by atoms with Gasteiger partial charge in [0.25, 0.3) is 0 Å². The molecule has 2 unspecified atom stereocenters. The molecule has 0 aromatic rings. The third-order valence-electron chi connectivity index (χ3n) is 3.84. The zero-order chi connectivity index (χ0) is 12.6. The molecule has 1 fully saturated rings. The first-order chi connectivity index (χ1) is 7.12. The van der Waals surface area contributed by atoms with Gasteiger partial charge in [-0.05, 0) is 40.0 Å². The average molecular weight is 228 g/mol. The first-order valence-electron chi connectivity index (χ1n) is 6.54. The molecule has 0 aliphatic carbocycles. The van der Waals surface area contributed by atoms with Crippen molar-refractivity contribution in [3.63, 3.8) is 0 Å². The van der Waals surface area contributed by atoms with Crippen molar-refractivity contribution in [2.24, 2.45) is 5.92 Å². The Morgan fingerprint density at radius 3 is 2.19 bits per heavy atom. The summed E-state index contributed by atoms with van der Waals surface area (Å²) < 4.78 is 5.98. The molecule has 0 amide bonds. The quantitative estimate of drug-likeness (QED) is 0.797. The highest BCUT2D eigenvalue weighted by atomic mass is 16.5. The Hall–Kier alpha value is -0.0800. The first-order valence-corrected chi connectivity index (χ1v) is 6.54. The molecule has 0 aromatic carbocycles. The molecule has 2 atom stereocenters. The van der Waals surface area contributed by atoms with Crippen LogP contribution in [0.4, 0.5) is 0 Å². The van der Waals surface area contributed by atoms with Crippen LogP contribution in [0.3, 0.4) is 0 Å². The summed E-state index contributed by atoms with van der Waals surface area (Å²) in [6.45, 7) is 12.6. The van der Waals surface area contributed by atoms with Gasteiger partial charge >= 0.3 is 0 Å². The Labute approximate surface area is 100 Å². The van der Waals surface area contributed by atoms with Crippen molar-refractivity contribution in [2.45, 2.75) is 84.0 Å². The molecule has 0 aromatic heterocycles. The van der Waals surface area contributed by atoms with Crippen molar-refractivity contribution in [2.75, 3.05) is 0 Å². The summed E-state index contributed by atoms with van der Waals surface area (Å²) in [5, 5.41) is 10.8. The van der Waals surface area contributed by atoms with Gasteiger partial charge in [0, 0.05) is 6.42 Å². The summed E-state index contributed by atoms with van der Waals surface area (Å²) in [6.07, 6.45) is 3.94. The summed E-state index contributed by atoms with van der Waals surface area (Å²) in [5.41, 5.74) is -1.31. The van der Waals surface area contributed by atoms with Crippen molar-refractivity contribution >= 4 is 0 Å². The molecular weight excluding hydrogens is 200 g/mol. The standard InChI is InChI=1S/C14H28O2/c1-7-8-11(2)9-14(15)10-12(3,4)16-13(14,5)6/h11,15H,7-10H2,1-6H3. The number of aliphatic hydroxyl groups is 1. The fourth-order valence-corrected chi connectivity index (χ4v) is 3.23. The maximum Gasteiger partial charge on any atom is 0.0960 e. The van der Waals surface area contributed by atoms with Crippen molar-refractivity contribution in [1.29, 1.82) is 0 Å². The smallest absolute Gasteiger partial charge is 0.0960 e. The van der Waals surface area contributed by atoms with Crippen molar-refractivity contribution in [3.05, 3.63) is 0 Å². The molecule has 0 spiro atoms. The molecule has 1 rings (SSSR count). The van der Waals surface area contributed by atoms with Crippen LogP contribution in [0, 0.1) is 5.92 Å². The van der Waals surface area contributed by atoms with Gasteiger partial charge in [-0.3, -0.25) is 0 Å². The third kappa shape index (κ3) is 2.78. The van der Waals surface area contributed by atoms with E-state index in [4.69, 9.17) is 4.74 Å². The van der Waals surface area contributed by atoms with Crippen LogP contribution < -0.4 is 0 Å². The summed E-state index contributed by atoms with van der Waals surface area (Å²) in [7, 11) is 0. The molecule has 0 bridgehead atoms. The zero-order valence-electron chi connectivity index (χ0n) is 11.8. The van der Waals surface area contributed by atoms with Crippen LogP contribution in [-0.4, -0.2) is 21.9 Å². The Kier molecular flexibility index (Phi) is 3.76. The van der Waals surface area contributed by atoms with Gasteiger partial charge in [0.05, 0.1) is 16.8 Å². The molecular formula is C14H28O2. The summed E-state index contributed by atoms with van der Waals surface area (Å²) in [4.78, 5) is 0. The van der Waals surface area contributed by atoms with E-state index in [1.54, 1.807) is 0 Å². The average Bonchev–Trinajstić information content (AvgIpc) is 2.14. The Morgan fingerprint density at radius 1 is 1.25 bits per heavy atom. The number of hydrogen-bond acceptors (Lipinski definition) is 2. The number of rotatable bonds is 4. The summed E-state index contributed by atoms with van der Waals surface area (Å²) in [5.74, 6) is 0.562. The first kappa shape index (κ1) is 14.0. The Bertz CT molecular complexity index is 245.